The van der Waals surface area contributed by atoms with Crippen molar-refractivity contribution in [1.29, 1.82) is 0 Å². The van der Waals surface area contributed by atoms with Crippen LogP contribution in [-0.4, -0.2) is 46.4 Å². The highest BCUT2D eigenvalue weighted by Gasteiger charge is 2.23. The maximum Gasteiger partial charge on any atom is 0.222 e. The van der Waals surface area contributed by atoms with E-state index in [-0.39, 0.29) is 5.91 Å². The second-order valence-electron chi connectivity index (χ2n) is 6.45. The fraction of sp³-hybridized carbons (Fsp3) is 0.368. The lowest BCUT2D eigenvalue weighted by Gasteiger charge is -2.35. The molecule has 4 rings (SSSR count). The number of rotatable bonds is 3. The Balaban J connectivity index is 1.67. The second kappa shape index (κ2) is 6.67. The Bertz CT molecular complexity index is 928. The summed E-state index contributed by atoms with van der Waals surface area (Å²) in [5.74, 6) is 1.27. The molecule has 1 amide bonds. The van der Waals surface area contributed by atoms with Crippen LogP contribution < -0.4 is 4.90 Å². The van der Waals surface area contributed by atoms with Gasteiger partial charge in [-0.3, -0.25) is 4.79 Å². The SMILES string of the molecule is CCCC(=O)N1CCN(c2nc3cc(Br)ccc3n3cccc23)CC1. The predicted octanol–water partition coefficient (Wildman–Crippen LogP) is 3.70. The zero-order valence-corrected chi connectivity index (χ0v) is 15.9. The number of hydrogen-bond acceptors (Lipinski definition) is 3. The van der Waals surface area contributed by atoms with Gasteiger partial charge in [0.05, 0.1) is 16.6 Å². The Morgan fingerprint density at radius 1 is 1.16 bits per heavy atom. The van der Waals surface area contributed by atoms with Crippen LogP contribution in [0.25, 0.3) is 16.6 Å². The zero-order valence-electron chi connectivity index (χ0n) is 14.3. The molecule has 0 N–H and O–H groups in total. The molecule has 3 heterocycles. The van der Waals surface area contributed by atoms with Crippen molar-refractivity contribution in [2.45, 2.75) is 19.8 Å². The maximum absolute atomic E-state index is 12.1. The van der Waals surface area contributed by atoms with Gasteiger partial charge in [-0.1, -0.05) is 22.9 Å². The number of halogens is 1. The second-order valence-corrected chi connectivity index (χ2v) is 7.37. The molecule has 0 radical (unpaired) electrons. The molecular formula is C19H21BrN4O. The van der Waals surface area contributed by atoms with E-state index in [1.54, 1.807) is 0 Å². The molecular weight excluding hydrogens is 380 g/mol. The van der Waals surface area contributed by atoms with Gasteiger partial charge in [-0.25, -0.2) is 4.98 Å². The minimum atomic E-state index is 0.269. The van der Waals surface area contributed by atoms with Crippen molar-refractivity contribution < 1.29 is 4.79 Å². The van der Waals surface area contributed by atoms with E-state index in [4.69, 9.17) is 4.98 Å². The van der Waals surface area contributed by atoms with Gasteiger partial charge in [-0.05, 0) is 36.8 Å². The van der Waals surface area contributed by atoms with Gasteiger partial charge in [0.1, 0.15) is 0 Å². The highest BCUT2D eigenvalue weighted by molar-refractivity contribution is 9.10. The fourth-order valence-electron chi connectivity index (χ4n) is 3.51. The molecule has 0 atom stereocenters. The van der Waals surface area contributed by atoms with E-state index in [1.165, 1.54) is 0 Å². The van der Waals surface area contributed by atoms with Crippen LogP contribution in [0.3, 0.4) is 0 Å². The first-order chi connectivity index (χ1) is 12.2. The average Bonchev–Trinajstić information content (AvgIpc) is 3.11. The van der Waals surface area contributed by atoms with E-state index in [1.807, 2.05) is 11.0 Å². The summed E-state index contributed by atoms with van der Waals surface area (Å²) >= 11 is 3.54. The van der Waals surface area contributed by atoms with Crippen LogP contribution in [0.1, 0.15) is 19.8 Å². The standard InChI is InChI=1S/C19H21BrN4O/c1-2-4-18(25)22-9-11-23(12-10-22)19-17-5-3-8-24(17)16-7-6-14(20)13-15(16)21-19/h3,5-8,13H,2,4,9-12H2,1H3. The predicted molar refractivity (Wildman–Crippen MR) is 104 cm³/mol. The van der Waals surface area contributed by atoms with Gasteiger partial charge in [0, 0.05) is 43.3 Å². The number of benzene rings is 1. The molecule has 130 valence electrons. The lowest BCUT2D eigenvalue weighted by molar-refractivity contribution is -0.131. The molecule has 3 aromatic rings. The molecule has 1 saturated heterocycles. The third-order valence-electron chi connectivity index (χ3n) is 4.80. The van der Waals surface area contributed by atoms with Gasteiger partial charge < -0.3 is 14.2 Å². The van der Waals surface area contributed by atoms with Crippen LogP contribution >= 0.6 is 15.9 Å². The maximum atomic E-state index is 12.1. The summed E-state index contributed by atoms with van der Waals surface area (Å²) in [5.41, 5.74) is 3.18. The number of hydrogen-bond donors (Lipinski definition) is 0. The molecule has 25 heavy (non-hydrogen) atoms. The van der Waals surface area contributed by atoms with Gasteiger partial charge in [0.25, 0.3) is 0 Å². The fourth-order valence-corrected chi connectivity index (χ4v) is 3.86. The van der Waals surface area contributed by atoms with E-state index in [9.17, 15) is 4.79 Å². The van der Waals surface area contributed by atoms with Crippen LogP contribution in [0.15, 0.2) is 41.0 Å². The number of amides is 1. The Hall–Kier alpha value is -2.08. The number of anilines is 1. The molecule has 1 aliphatic rings. The first-order valence-corrected chi connectivity index (χ1v) is 9.55. The first kappa shape index (κ1) is 16.4. The quantitative estimate of drug-likeness (QED) is 0.672. The number of carbonyl (C=O) groups excluding carboxylic acids is 1. The molecule has 0 bridgehead atoms. The van der Waals surface area contributed by atoms with Crippen molar-refractivity contribution in [3.8, 4) is 0 Å². The summed E-state index contributed by atoms with van der Waals surface area (Å²) < 4.78 is 3.22. The van der Waals surface area contributed by atoms with E-state index >= 15 is 0 Å². The molecule has 6 heteroatoms. The van der Waals surface area contributed by atoms with E-state index in [2.05, 4.69) is 62.6 Å². The van der Waals surface area contributed by atoms with Crippen LogP contribution in [0.5, 0.6) is 0 Å². The minimum absolute atomic E-state index is 0.269. The van der Waals surface area contributed by atoms with Crippen molar-refractivity contribution in [3.63, 3.8) is 0 Å². The van der Waals surface area contributed by atoms with Crippen LogP contribution in [0.4, 0.5) is 5.82 Å². The van der Waals surface area contributed by atoms with Gasteiger partial charge in [0.2, 0.25) is 5.91 Å². The molecule has 0 aliphatic carbocycles. The van der Waals surface area contributed by atoms with Crippen LogP contribution in [-0.2, 0) is 4.79 Å². The molecule has 0 unspecified atom stereocenters. The largest absolute Gasteiger partial charge is 0.351 e. The smallest absolute Gasteiger partial charge is 0.222 e. The number of carbonyl (C=O) groups is 1. The lowest BCUT2D eigenvalue weighted by atomic mass is 10.2. The number of piperazine rings is 1. The Morgan fingerprint density at radius 3 is 2.72 bits per heavy atom. The number of fused-ring (bicyclic) bond motifs is 3. The molecule has 0 spiro atoms. The Kier molecular flexibility index (Phi) is 4.37. The molecule has 1 aromatic carbocycles. The van der Waals surface area contributed by atoms with Crippen LogP contribution in [0, 0.1) is 0 Å². The lowest BCUT2D eigenvalue weighted by Crippen LogP contribution is -2.49. The van der Waals surface area contributed by atoms with Gasteiger partial charge >= 0.3 is 0 Å². The summed E-state index contributed by atoms with van der Waals surface area (Å²) in [4.78, 5) is 21.3. The monoisotopic (exact) mass is 400 g/mol. The molecule has 5 nitrogen and oxygen atoms in total. The highest BCUT2D eigenvalue weighted by Crippen LogP contribution is 2.27. The molecule has 1 aliphatic heterocycles. The number of aromatic nitrogens is 2. The highest BCUT2D eigenvalue weighted by atomic mass is 79.9. The topological polar surface area (TPSA) is 40.9 Å². The summed E-state index contributed by atoms with van der Waals surface area (Å²) in [6.45, 7) is 5.23. The third-order valence-corrected chi connectivity index (χ3v) is 5.29. The van der Waals surface area contributed by atoms with Gasteiger partial charge in [-0.15, -0.1) is 0 Å². The van der Waals surface area contributed by atoms with E-state index < -0.39 is 0 Å². The van der Waals surface area contributed by atoms with Crippen molar-refractivity contribution >= 4 is 44.2 Å². The normalized spacial score (nSPS) is 15.3. The molecule has 2 aromatic heterocycles. The summed E-state index contributed by atoms with van der Waals surface area (Å²) in [5, 5.41) is 0. The Labute approximate surface area is 155 Å². The van der Waals surface area contributed by atoms with Crippen LogP contribution in [0.2, 0.25) is 0 Å². The Morgan fingerprint density at radius 2 is 1.96 bits per heavy atom. The summed E-state index contributed by atoms with van der Waals surface area (Å²) in [6.07, 6.45) is 3.63. The first-order valence-electron chi connectivity index (χ1n) is 8.76. The zero-order chi connectivity index (χ0) is 17.4. The van der Waals surface area contributed by atoms with Crippen molar-refractivity contribution in [3.05, 3.63) is 41.0 Å². The average molecular weight is 401 g/mol. The van der Waals surface area contributed by atoms with Crippen molar-refractivity contribution in [2.75, 3.05) is 31.1 Å². The van der Waals surface area contributed by atoms with E-state index in [0.717, 1.165) is 59.4 Å². The molecule has 0 saturated carbocycles. The number of nitrogens with zero attached hydrogens (tertiary/aromatic N) is 4. The van der Waals surface area contributed by atoms with Crippen molar-refractivity contribution in [1.82, 2.24) is 14.3 Å². The van der Waals surface area contributed by atoms with E-state index in [0.29, 0.717) is 6.42 Å². The van der Waals surface area contributed by atoms with Crippen molar-refractivity contribution in [2.24, 2.45) is 0 Å². The third kappa shape index (κ3) is 2.99. The summed E-state index contributed by atoms with van der Waals surface area (Å²) in [6, 6.07) is 10.4. The van der Waals surface area contributed by atoms with Gasteiger partial charge in [0.15, 0.2) is 5.82 Å². The molecule has 1 fully saturated rings. The minimum Gasteiger partial charge on any atom is -0.351 e. The summed E-state index contributed by atoms with van der Waals surface area (Å²) in [7, 11) is 0. The van der Waals surface area contributed by atoms with Gasteiger partial charge in [-0.2, -0.15) is 0 Å².